The van der Waals surface area contributed by atoms with E-state index < -0.39 is 5.54 Å². The lowest BCUT2D eigenvalue weighted by molar-refractivity contribution is -0.124. The van der Waals surface area contributed by atoms with E-state index in [1.165, 1.54) is 32.1 Å². The minimum absolute atomic E-state index is 0.251. The van der Waals surface area contributed by atoms with Crippen molar-refractivity contribution in [3.63, 3.8) is 0 Å². The minimum Gasteiger partial charge on any atom is -0.368 e. The van der Waals surface area contributed by atoms with E-state index in [1.54, 1.807) is 0 Å². The number of hydrogen-bond donors (Lipinski definition) is 2. The van der Waals surface area contributed by atoms with Gasteiger partial charge >= 0.3 is 0 Å². The summed E-state index contributed by atoms with van der Waals surface area (Å²) in [5.41, 5.74) is 4.99. The Bertz CT molecular complexity index is 324. The molecular weight excluding hydrogens is 262 g/mol. The van der Waals surface area contributed by atoms with E-state index in [0.717, 1.165) is 18.9 Å². The van der Waals surface area contributed by atoms with Gasteiger partial charge < -0.3 is 16.0 Å². The highest BCUT2D eigenvalue weighted by molar-refractivity contribution is 5.84. The van der Waals surface area contributed by atoms with Gasteiger partial charge in [-0.05, 0) is 65.8 Å². The molecule has 0 heterocycles. The Balaban J connectivity index is 2.47. The molecule has 0 saturated heterocycles. The molecule has 1 amide bonds. The summed E-state index contributed by atoms with van der Waals surface area (Å²) in [4.78, 5) is 14.2. The fourth-order valence-electron chi connectivity index (χ4n) is 3.48. The lowest BCUT2D eigenvalue weighted by atomic mass is 9.84. The van der Waals surface area contributed by atoms with Gasteiger partial charge in [0.2, 0.25) is 5.91 Å². The number of carbonyl (C=O) groups is 1. The van der Waals surface area contributed by atoms with Crippen LogP contribution >= 0.6 is 0 Å². The molecule has 1 fully saturated rings. The fraction of sp³-hybridized carbons (Fsp3) is 0.941. The Morgan fingerprint density at radius 1 is 1.33 bits per heavy atom. The van der Waals surface area contributed by atoms with Gasteiger partial charge in [-0.25, -0.2) is 0 Å². The van der Waals surface area contributed by atoms with Crippen LogP contribution in [0, 0.1) is 5.92 Å². The summed E-state index contributed by atoms with van der Waals surface area (Å²) in [6.45, 7) is 9.25. The molecule has 0 radical (unpaired) electrons. The molecule has 1 saturated carbocycles. The van der Waals surface area contributed by atoms with E-state index in [4.69, 9.17) is 5.73 Å². The molecule has 1 aliphatic rings. The maximum atomic E-state index is 11.8. The zero-order valence-corrected chi connectivity index (χ0v) is 14.6. The summed E-state index contributed by atoms with van der Waals surface area (Å²) >= 11 is 0. The van der Waals surface area contributed by atoms with E-state index in [0.29, 0.717) is 6.04 Å². The quantitative estimate of drug-likeness (QED) is 0.724. The minimum atomic E-state index is -0.608. The van der Waals surface area contributed by atoms with Gasteiger partial charge in [-0.15, -0.1) is 0 Å². The lowest BCUT2D eigenvalue weighted by Gasteiger charge is -2.37. The summed E-state index contributed by atoms with van der Waals surface area (Å²) < 4.78 is 0. The molecule has 1 atom stereocenters. The molecule has 0 spiro atoms. The predicted molar refractivity (Wildman–Crippen MR) is 89.2 cm³/mol. The van der Waals surface area contributed by atoms with Crippen LogP contribution in [-0.4, -0.2) is 42.0 Å². The fourth-order valence-corrected chi connectivity index (χ4v) is 3.48. The lowest BCUT2D eigenvalue weighted by Crippen LogP contribution is -2.57. The first-order valence-electron chi connectivity index (χ1n) is 8.56. The van der Waals surface area contributed by atoms with E-state index in [1.807, 2.05) is 6.92 Å². The number of rotatable bonds is 8. The predicted octanol–water partition coefficient (Wildman–Crippen LogP) is 2.52. The Morgan fingerprint density at radius 3 is 2.33 bits per heavy atom. The van der Waals surface area contributed by atoms with Crippen LogP contribution in [0.2, 0.25) is 0 Å². The van der Waals surface area contributed by atoms with Crippen molar-refractivity contribution in [1.82, 2.24) is 10.2 Å². The van der Waals surface area contributed by atoms with Crippen LogP contribution < -0.4 is 11.1 Å². The monoisotopic (exact) mass is 297 g/mol. The van der Waals surface area contributed by atoms with Crippen LogP contribution in [0.15, 0.2) is 0 Å². The van der Waals surface area contributed by atoms with Crippen LogP contribution in [0.1, 0.15) is 66.2 Å². The number of nitrogens with one attached hydrogen (secondary N) is 1. The highest BCUT2D eigenvalue weighted by atomic mass is 16.1. The van der Waals surface area contributed by atoms with Gasteiger partial charge in [-0.1, -0.05) is 13.3 Å². The van der Waals surface area contributed by atoms with Crippen molar-refractivity contribution in [2.45, 2.75) is 83.8 Å². The zero-order chi connectivity index (χ0) is 16.0. The Hall–Kier alpha value is -0.610. The van der Waals surface area contributed by atoms with Crippen molar-refractivity contribution < 1.29 is 4.79 Å². The van der Waals surface area contributed by atoms with Crippen LogP contribution in [0.25, 0.3) is 0 Å². The summed E-state index contributed by atoms with van der Waals surface area (Å²) in [6, 6.07) is 0.928. The number of nitrogens with zero attached hydrogens (tertiary/aromatic N) is 1. The van der Waals surface area contributed by atoms with Crippen molar-refractivity contribution in [3.8, 4) is 0 Å². The second-order valence-corrected chi connectivity index (χ2v) is 7.31. The third kappa shape index (κ3) is 5.59. The van der Waals surface area contributed by atoms with E-state index >= 15 is 0 Å². The molecule has 1 unspecified atom stereocenters. The largest absolute Gasteiger partial charge is 0.368 e. The van der Waals surface area contributed by atoms with Crippen LogP contribution in [-0.2, 0) is 4.79 Å². The molecule has 4 heteroatoms. The number of primary amides is 1. The summed E-state index contributed by atoms with van der Waals surface area (Å²) in [6.07, 6.45) is 7.37. The van der Waals surface area contributed by atoms with Gasteiger partial charge in [0.1, 0.15) is 0 Å². The first-order chi connectivity index (χ1) is 9.78. The standard InChI is InChI=1S/C17H35N3O/c1-6-14-7-9-15(10-8-14)20(5)12-11-17(4,16(18)21)19-13(2)3/h13-15,19H,6-12H2,1-5H3,(H2,18,21). The highest BCUT2D eigenvalue weighted by Gasteiger charge is 2.32. The maximum absolute atomic E-state index is 11.8. The molecule has 1 aliphatic carbocycles. The SMILES string of the molecule is CCC1CCC(N(C)CCC(C)(NC(C)C)C(N)=O)CC1. The van der Waals surface area contributed by atoms with Gasteiger partial charge in [0, 0.05) is 18.6 Å². The maximum Gasteiger partial charge on any atom is 0.237 e. The molecule has 0 aromatic carbocycles. The van der Waals surface area contributed by atoms with Gasteiger partial charge in [-0.2, -0.15) is 0 Å². The average Bonchev–Trinajstić information content (AvgIpc) is 2.44. The molecule has 4 nitrogen and oxygen atoms in total. The van der Waals surface area contributed by atoms with E-state index in [2.05, 4.69) is 38.0 Å². The van der Waals surface area contributed by atoms with Crippen LogP contribution in [0.5, 0.6) is 0 Å². The second kappa shape index (κ2) is 8.14. The van der Waals surface area contributed by atoms with Crippen molar-refractivity contribution >= 4 is 5.91 Å². The topological polar surface area (TPSA) is 58.4 Å². The number of amides is 1. The molecule has 1 rings (SSSR count). The average molecular weight is 297 g/mol. The van der Waals surface area contributed by atoms with Crippen molar-refractivity contribution in [1.29, 1.82) is 0 Å². The van der Waals surface area contributed by atoms with Crippen LogP contribution in [0.3, 0.4) is 0 Å². The molecule has 0 bridgehead atoms. The highest BCUT2D eigenvalue weighted by Crippen LogP contribution is 2.29. The molecule has 0 aromatic rings. The molecule has 0 aliphatic heterocycles. The van der Waals surface area contributed by atoms with Crippen molar-refractivity contribution in [3.05, 3.63) is 0 Å². The van der Waals surface area contributed by atoms with Crippen molar-refractivity contribution in [2.75, 3.05) is 13.6 Å². The van der Waals surface area contributed by atoms with Crippen molar-refractivity contribution in [2.24, 2.45) is 11.7 Å². The smallest absolute Gasteiger partial charge is 0.237 e. The zero-order valence-electron chi connectivity index (χ0n) is 14.6. The van der Waals surface area contributed by atoms with Crippen LogP contribution in [0.4, 0.5) is 0 Å². The molecule has 3 N–H and O–H groups in total. The van der Waals surface area contributed by atoms with Gasteiger partial charge in [0.25, 0.3) is 0 Å². The van der Waals surface area contributed by atoms with Gasteiger partial charge in [0.15, 0.2) is 0 Å². The summed E-state index contributed by atoms with van der Waals surface area (Å²) in [7, 11) is 2.19. The molecule has 21 heavy (non-hydrogen) atoms. The summed E-state index contributed by atoms with van der Waals surface area (Å²) in [5.74, 6) is 0.674. The first kappa shape index (κ1) is 18.4. The van der Waals surface area contributed by atoms with E-state index in [9.17, 15) is 4.79 Å². The number of hydrogen-bond acceptors (Lipinski definition) is 3. The van der Waals surface area contributed by atoms with Gasteiger partial charge in [-0.3, -0.25) is 4.79 Å². The Morgan fingerprint density at radius 2 is 1.90 bits per heavy atom. The first-order valence-corrected chi connectivity index (χ1v) is 8.56. The number of nitrogens with two attached hydrogens (primary N) is 1. The second-order valence-electron chi connectivity index (χ2n) is 7.31. The molecular formula is C17H35N3O. The third-order valence-electron chi connectivity index (χ3n) is 5.13. The molecule has 124 valence electrons. The van der Waals surface area contributed by atoms with E-state index in [-0.39, 0.29) is 11.9 Å². The normalized spacial score (nSPS) is 26.0. The Kier molecular flexibility index (Phi) is 7.14. The van der Waals surface area contributed by atoms with Gasteiger partial charge in [0.05, 0.1) is 5.54 Å². The summed E-state index contributed by atoms with van der Waals surface area (Å²) in [5, 5.41) is 3.33. The Labute approximate surface area is 130 Å². The number of carbonyl (C=O) groups excluding carboxylic acids is 1. The third-order valence-corrected chi connectivity index (χ3v) is 5.13. The molecule has 0 aromatic heterocycles.